The SMILES string of the molecule is C[C@]1(CCCCC(c2ccc(F)cc2)c2ccc(F)cc2)CNCC=C1F. The van der Waals surface area contributed by atoms with Crippen molar-refractivity contribution in [2.75, 3.05) is 13.1 Å². The molecule has 0 amide bonds. The lowest BCUT2D eigenvalue weighted by Crippen LogP contribution is -2.36. The fourth-order valence-corrected chi connectivity index (χ4v) is 3.83. The van der Waals surface area contributed by atoms with Gasteiger partial charge in [-0.2, -0.15) is 0 Å². The molecule has 0 unspecified atom stereocenters. The van der Waals surface area contributed by atoms with Crippen LogP contribution in [0.3, 0.4) is 0 Å². The topological polar surface area (TPSA) is 12.0 Å². The van der Waals surface area contributed by atoms with Crippen LogP contribution >= 0.6 is 0 Å². The van der Waals surface area contributed by atoms with Crippen molar-refractivity contribution in [2.24, 2.45) is 5.41 Å². The maximum atomic E-state index is 14.2. The Balaban J connectivity index is 1.67. The van der Waals surface area contributed by atoms with Crippen LogP contribution in [-0.4, -0.2) is 13.1 Å². The minimum Gasteiger partial charge on any atom is -0.312 e. The Bertz CT molecular complexity index is 722. The molecule has 0 saturated heterocycles. The van der Waals surface area contributed by atoms with E-state index in [9.17, 15) is 13.2 Å². The van der Waals surface area contributed by atoms with E-state index in [-0.39, 0.29) is 23.4 Å². The fraction of sp³-hybridized carbons (Fsp3) is 0.391. The van der Waals surface area contributed by atoms with Crippen molar-refractivity contribution in [3.8, 4) is 0 Å². The van der Waals surface area contributed by atoms with Gasteiger partial charge in [-0.25, -0.2) is 13.2 Å². The van der Waals surface area contributed by atoms with Gasteiger partial charge in [0.05, 0.1) is 0 Å². The van der Waals surface area contributed by atoms with Gasteiger partial charge in [-0.05, 0) is 54.3 Å². The largest absolute Gasteiger partial charge is 0.312 e. The molecule has 27 heavy (non-hydrogen) atoms. The third-order valence-corrected chi connectivity index (χ3v) is 5.53. The summed E-state index contributed by atoms with van der Waals surface area (Å²) >= 11 is 0. The molecule has 1 N–H and O–H groups in total. The Kier molecular flexibility index (Phi) is 6.38. The van der Waals surface area contributed by atoms with Crippen LogP contribution in [0.15, 0.2) is 60.4 Å². The van der Waals surface area contributed by atoms with Crippen LogP contribution in [0.5, 0.6) is 0 Å². The summed E-state index contributed by atoms with van der Waals surface area (Å²) < 4.78 is 40.8. The maximum absolute atomic E-state index is 14.2. The minimum atomic E-state index is -0.431. The van der Waals surface area contributed by atoms with Gasteiger partial charge in [-0.3, -0.25) is 0 Å². The third kappa shape index (κ3) is 5.01. The van der Waals surface area contributed by atoms with Crippen molar-refractivity contribution in [3.05, 3.63) is 83.2 Å². The summed E-state index contributed by atoms with van der Waals surface area (Å²) in [6.07, 6.45) is 5.08. The molecule has 1 aliphatic rings. The second-order valence-electron chi connectivity index (χ2n) is 7.65. The van der Waals surface area contributed by atoms with Crippen LogP contribution in [0.25, 0.3) is 0 Å². The molecule has 4 heteroatoms. The van der Waals surface area contributed by atoms with Gasteiger partial charge in [0.25, 0.3) is 0 Å². The molecule has 2 aromatic carbocycles. The van der Waals surface area contributed by atoms with Gasteiger partial charge in [-0.15, -0.1) is 0 Å². The van der Waals surface area contributed by atoms with Crippen LogP contribution < -0.4 is 5.32 Å². The molecule has 0 aliphatic carbocycles. The van der Waals surface area contributed by atoms with E-state index in [0.717, 1.165) is 36.8 Å². The Labute approximate surface area is 159 Å². The highest BCUT2D eigenvalue weighted by Crippen LogP contribution is 2.36. The Morgan fingerprint density at radius 1 is 0.889 bits per heavy atom. The Morgan fingerprint density at radius 3 is 1.96 bits per heavy atom. The lowest BCUT2D eigenvalue weighted by atomic mass is 9.80. The van der Waals surface area contributed by atoms with E-state index in [0.29, 0.717) is 13.1 Å². The molecule has 2 aromatic rings. The molecule has 0 bridgehead atoms. The summed E-state index contributed by atoms with van der Waals surface area (Å²) in [6, 6.07) is 13.0. The van der Waals surface area contributed by atoms with Crippen molar-refractivity contribution < 1.29 is 13.2 Å². The van der Waals surface area contributed by atoms with Gasteiger partial charge < -0.3 is 5.32 Å². The molecular weight excluding hydrogens is 347 g/mol. The zero-order valence-electron chi connectivity index (χ0n) is 15.7. The highest BCUT2D eigenvalue weighted by molar-refractivity contribution is 5.32. The van der Waals surface area contributed by atoms with E-state index >= 15 is 0 Å². The standard InChI is InChI=1S/C23H26F3N/c1-23(16-27-15-13-22(23)26)14-3-2-4-21(17-5-9-19(24)10-6-17)18-7-11-20(25)12-8-18/h5-13,21,27H,2-4,14-16H2,1H3/t23-/m0/s1. The Morgan fingerprint density at radius 2 is 1.44 bits per heavy atom. The van der Waals surface area contributed by atoms with Crippen LogP contribution in [0.4, 0.5) is 13.2 Å². The van der Waals surface area contributed by atoms with Crippen molar-refractivity contribution in [1.82, 2.24) is 5.32 Å². The molecule has 1 nitrogen and oxygen atoms in total. The van der Waals surface area contributed by atoms with Gasteiger partial charge in [-0.1, -0.05) is 44.0 Å². The zero-order chi connectivity index (χ0) is 19.3. The maximum Gasteiger partial charge on any atom is 0.123 e. The number of unbranched alkanes of at least 4 members (excludes halogenated alkanes) is 1. The summed E-state index contributed by atoms with van der Waals surface area (Å²) in [5.41, 5.74) is 1.60. The van der Waals surface area contributed by atoms with Crippen molar-refractivity contribution in [1.29, 1.82) is 0 Å². The monoisotopic (exact) mass is 373 g/mol. The fourth-order valence-electron chi connectivity index (χ4n) is 3.83. The van der Waals surface area contributed by atoms with Crippen LogP contribution in [0, 0.1) is 17.0 Å². The molecule has 0 fully saturated rings. The minimum absolute atomic E-state index is 0.0186. The lowest BCUT2D eigenvalue weighted by Gasteiger charge is -2.31. The molecule has 1 heterocycles. The van der Waals surface area contributed by atoms with E-state index in [2.05, 4.69) is 5.32 Å². The third-order valence-electron chi connectivity index (χ3n) is 5.53. The number of halogens is 3. The summed E-state index contributed by atoms with van der Waals surface area (Å²) in [5, 5.41) is 3.23. The predicted molar refractivity (Wildman–Crippen MR) is 103 cm³/mol. The van der Waals surface area contributed by atoms with Crippen LogP contribution in [0.1, 0.15) is 49.7 Å². The Hall–Kier alpha value is -2.07. The van der Waals surface area contributed by atoms with E-state index in [1.54, 1.807) is 30.3 Å². The van der Waals surface area contributed by atoms with Gasteiger partial charge in [0.15, 0.2) is 0 Å². The van der Waals surface area contributed by atoms with E-state index in [1.165, 1.54) is 24.3 Å². The van der Waals surface area contributed by atoms with Crippen LogP contribution in [0.2, 0.25) is 0 Å². The lowest BCUT2D eigenvalue weighted by molar-refractivity contribution is 0.258. The summed E-state index contributed by atoms with van der Waals surface area (Å²) in [7, 11) is 0. The van der Waals surface area contributed by atoms with Gasteiger partial charge in [0.1, 0.15) is 17.5 Å². The highest BCUT2D eigenvalue weighted by atomic mass is 19.1. The van der Waals surface area contributed by atoms with Gasteiger partial charge in [0, 0.05) is 24.4 Å². The molecule has 3 rings (SSSR count). The molecule has 1 aliphatic heterocycles. The highest BCUT2D eigenvalue weighted by Gasteiger charge is 2.31. The molecule has 1 atom stereocenters. The molecule has 0 saturated carbocycles. The first kappa shape index (κ1) is 19.7. The second kappa shape index (κ2) is 8.75. The van der Waals surface area contributed by atoms with Gasteiger partial charge >= 0.3 is 0 Å². The number of hydrogen-bond donors (Lipinski definition) is 1. The molecule has 144 valence electrons. The average molecular weight is 373 g/mol. The van der Waals surface area contributed by atoms with E-state index in [4.69, 9.17) is 0 Å². The molecule has 0 spiro atoms. The second-order valence-corrected chi connectivity index (χ2v) is 7.65. The van der Waals surface area contributed by atoms with E-state index in [1.807, 2.05) is 6.92 Å². The van der Waals surface area contributed by atoms with Crippen molar-refractivity contribution >= 4 is 0 Å². The molecule has 0 aromatic heterocycles. The summed E-state index contributed by atoms with van der Waals surface area (Å²) in [5.74, 6) is -0.480. The van der Waals surface area contributed by atoms with E-state index < -0.39 is 5.41 Å². The number of nitrogens with one attached hydrogen (secondary N) is 1. The molecular formula is C23H26F3N. The van der Waals surface area contributed by atoms with Crippen molar-refractivity contribution in [2.45, 2.75) is 38.5 Å². The zero-order valence-corrected chi connectivity index (χ0v) is 15.7. The first-order valence-electron chi connectivity index (χ1n) is 9.56. The number of benzene rings is 2. The summed E-state index contributed by atoms with van der Waals surface area (Å²) in [4.78, 5) is 0. The van der Waals surface area contributed by atoms with Crippen LogP contribution in [-0.2, 0) is 0 Å². The van der Waals surface area contributed by atoms with Gasteiger partial charge in [0.2, 0.25) is 0 Å². The molecule has 0 radical (unpaired) electrons. The quantitative estimate of drug-likeness (QED) is 0.577. The average Bonchev–Trinajstić information content (AvgIpc) is 2.66. The number of hydrogen-bond acceptors (Lipinski definition) is 1. The number of rotatable bonds is 7. The predicted octanol–water partition coefficient (Wildman–Crippen LogP) is 6.12. The normalized spacial score (nSPS) is 20.0. The first-order chi connectivity index (χ1) is 13.0. The first-order valence-corrected chi connectivity index (χ1v) is 9.56. The smallest absolute Gasteiger partial charge is 0.123 e. The van der Waals surface area contributed by atoms with Crippen molar-refractivity contribution in [3.63, 3.8) is 0 Å². The summed E-state index contributed by atoms with van der Waals surface area (Å²) in [6.45, 7) is 3.22.